The van der Waals surface area contributed by atoms with E-state index in [0.29, 0.717) is 0 Å². The van der Waals surface area contributed by atoms with Gasteiger partial charge in [0.1, 0.15) is 21.1 Å². The summed E-state index contributed by atoms with van der Waals surface area (Å²) in [6.45, 7) is 2.34. The first-order valence-electron chi connectivity index (χ1n) is 20.2. The summed E-state index contributed by atoms with van der Waals surface area (Å²) in [6.07, 6.45) is 17.8. The largest absolute Gasteiger partial charge is 1.00 e. The molecule has 0 fully saturated rings. The molecule has 0 bridgehead atoms. The fraction of sp³-hybridized carbons (Fsp3) is 0.0714. The third-order valence-corrected chi connectivity index (χ3v) is 19.9. The minimum Gasteiger partial charge on any atom is -0.366 e. The molecule has 61 heavy (non-hydrogen) atoms. The molecule has 0 unspecified atom stereocenters. The van der Waals surface area contributed by atoms with E-state index in [9.17, 15) is 0 Å². The topological polar surface area (TPSA) is 0 Å². The van der Waals surface area contributed by atoms with Crippen LogP contribution in [-0.4, -0.2) is 21.1 Å². The molecule has 8 aromatic carbocycles. The smallest absolute Gasteiger partial charge is 0.366 e. The van der Waals surface area contributed by atoms with Gasteiger partial charge >= 0.3 is 44.8 Å². The van der Waals surface area contributed by atoms with Crippen LogP contribution in [0.25, 0.3) is 22.3 Å². The second-order valence-electron chi connectivity index (χ2n) is 14.8. The van der Waals surface area contributed by atoms with Crippen molar-refractivity contribution >= 4 is 56.2 Å². The molecule has 0 spiro atoms. The SMILES string of the molecule is [Au+].[Au+].[C-]#Cc1ccc2c(c1)-c1ccccc1[Si]2C.[C-]#Cc1ccc2c(c1)Cc1ccccc1-2.c1ccc([PH+](CC[PH+](c2ccccc2)c2ccccc2)c2ccccc2)cc1. The number of hydrogen-bond acceptors (Lipinski definition) is 0. The van der Waals surface area contributed by atoms with Crippen molar-refractivity contribution in [3.05, 3.63) is 241 Å². The van der Waals surface area contributed by atoms with Gasteiger partial charge in [-0.25, -0.2) is 0 Å². The Balaban J connectivity index is 0.000000161. The average molecular weight is 1200 g/mol. The third kappa shape index (κ3) is 10.9. The minimum absolute atomic E-state index is 0. The molecule has 8 aromatic rings. The van der Waals surface area contributed by atoms with Crippen LogP contribution in [0.2, 0.25) is 6.55 Å². The summed E-state index contributed by atoms with van der Waals surface area (Å²) in [5.74, 6) is 4.90. The van der Waals surface area contributed by atoms with Crippen molar-refractivity contribution in [2.45, 2.75) is 13.0 Å². The molecular weight excluding hydrogens is 1160 g/mol. The fourth-order valence-corrected chi connectivity index (χ4v) is 16.7. The maximum absolute atomic E-state index is 7.20. The van der Waals surface area contributed by atoms with Crippen molar-refractivity contribution in [3.63, 3.8) is 0 Å². The molecule has 303 valence electrons. The van der Waals surface area contributed by atoms with E-state index in [0.717, 1.165) is 17.5 Å². The maximum Gasteiger partial charge on any atom is 1.00 e. The van der Waals surface area contributed by atoms with Gasteiger partial charge in [-0.05, 0) is 88.0 Å². The molecule has 5 heteroatoms. The van der Waals surface area contributed by atoms with Gasteiger partial charge < -0.3 is 12.8 Å². The standard InChI is InChI=1S/C26H24P2.C15H10Si.C15H9.2Au/c1-5-13-23(14-6-1)27(24-15-7-2-8-16-24)21-22-28(25-17-9-3-10-18-25)26-19-11-4-12-20-26;1-3-11-8-9-15-13(10-11)12-6-4-5-7-14(12)16(15)2;1-2-11-7-8-15-13(9-11)10-12-5-3-4-6-14(12)15;;/h1-20H,21-22H2;4-10H,2H3;3-9H,10H2;;/q;2*-1;2*+1/p+2. The van der Waals surface area contributed by atoms with Crippen molar-refractivity contribution in [2.75, 3.05) is 12.3 Å². The van der Waals surface area contributed by atoms with Crippen molar-refractivity contribution < 1.29 is 44.8 Å². The summed E-state index contributed by atoms with van der Waals surface area (Å²) in [5, 5.41) is 9.01. The van der Waals surface area contributed by atoms with Crippen molar-refractivity contribution in [3.8, 4) is 34.1 Å². The average Bonchev–Trinajstić information content (AvgIpc) is 3.83. The van der Waals surface area contributed by atoms with E-state index in [-0.39, 0.29) is 44.8 Å². The molecule has 10 rings (SSSR count). The maximum atomic E-state index is 7.20. The Morgan fingerprint density at radius 3 is 1.31 bits per heavy atom. The number of benzene rings is 8. The summed E-state index contributed by atoms with van der Waals surface area (Å²) in [6, 6.07) is 74.0. The van der Waals surface area contributed by atoms with Gasteiger partial charge in [-0.15, -0.1) is 35.4 Å². The minimum atomic E-state index is -0.783. The zero-order valence-corrected chi connectivity index (χ0v) is 41.2. The molecule has 0 N–H and O–H groups in total. The molecule has 0 aromatic heterocycles. The van der Waals surface area contributed by atoms with E-state index >= 15 is 0 Å². The Bertz CT molecular complexity index is 2580. The summed E-state index contributed by atoms with van der Waals surface area (Å²) < 4.78 is 0. The van der Waals surface area contributed by atoms with Crippen molar-refractivity contribution in [2.24, 2.45) is 0 Å². The van der Waals surface area contributed by atoms with Crippen LogP contribution in [0.5, 0.6) is 0 Å². The zero-order chi connectivity index (χ0) is 40.4. The monoisotopic (exact) mass is 1200 g/mol. The first-order chi connectivity index (χ1) is 29.1. The van der Waals surface area contributed by atoms with Gasteiger partial charge in [0.05, 0.1) is 37.1 Å². The summed E-state index contributed by atoms with van der Waals surface area (Å²) >= 11 is 0. The van der Waals surface area contributed by atoms with E-state index in [1.165, 1.54) is 77.3 Å². The predicted octanol–water partition coefficient (Wildman–Crippen LogP) is 9.75. The van der Waals surface area contributed by atoms with Gasteiger partial charge in [0, 0.05) is 0 Å². The van der Waals surface area contributed by atoms with Gasteiger partial charge in [0.2, 0.25) is 0 Å². The van der Waals surface area contributed by atoms with E-state index in [1.54, 1.807) is 0 Å². The molecule has 0 saturated carbocycles. The second kappa shape index (κ2) is 22.5. The Kier molecular flexibility index (Phi) is 17.0. The quantitative estimate of drug-likeness (QED) is 0.0646. The van der Waals surface area contributed by atoms with Crippen LogP contribution in [0, 0.1) is 24.7 Å². The molecule has 0 atom stereocenters. The first-order valence-corrected chi connectivity index (χ1v) is 25.6. The summed E-state index contributed by atoms with van der Waals surface area (Å²) in [7, 11) is -2.15. The van der Waals surface area contributed by atoms with Crippen LogP contribution >= 0.6 is 15.8 Å². The molecule has 0 nitrogen and oxygen atoms in total. The summed E-state index contributed by atoms with van der Waals surface area (Å²) in [5.41, 5.74) is 9.73. The van der Waals surface area contributed by atoms with Crippen molar-refractivity contribution in [1.82, 2.24) is 0 Å². The molecule has 1 aliphatic heterocycles. The van der Waals surface area contributed by atoms with Crippen molar-refractivity contribution in [1.29, 1.82) is 0 Å². The predicted molar refractivity (Wildman–Crippen MR) is 261 cm³/mol. The van der Waals surface area contributed by atoms with E-state index in [4.69, 9.17) is 12.8 Å². The molecule has 1 heterocycles. The van der Waals surface area contributed by atoms with Crippen LogP contribution in [0.3, 0.4) is 0 Å². The third-order valence-electron chi connectivity index (χ3n) is 11.2. The molecule has 0 saturated heterocycles. The van der Waals surface area contributed by atoms with Crippen LogP contribution < -0.4 is 31.6 Å². The molecular formula is C56H45Au2P2Si+2. The Morgan fingerprint density at radius 1 is 0.410 bits per heavy atom. The Morgan fingerprint density at radius 2 is 0.803 bits per heavy atom. The van der Waals surface area contributed by atoms with E-state index in [1.807, 2.05) is 12.1 Å². The normalized spacial score (nSPS) is 11.4. The van der Waals surface area contributed by atoms with Gasteiger partial charge in [0.15, 0.2) is 0 Å². The van der Waals surface area contributed by atoms with Crippen LogP contribution in [0.15, 0.2) is 206 Å². The number of hydrogen-bond donors (Lipinski definition) is 0. The number of rotatable bonds is 7. The van der Waals surface area contributed by atoms with Crippen LogP contribution in [-0.2, 0) is 51.2 Å². The van der Waals surface area contributed by atoms with Crippen LogP contribution in [0.4, 0.5) is 0 Å². The van der Waals surface area contributed by atoms with Gasteiger partial charge in [0.25, 0.3) is 0 Å². The molecule has 1 radical (unpaired) electrons. The first kappa shape index (κ1) is 46.0. The molecule has 0 amide bonds. The second-order valence-corrected chi connectivity index (χ2v) is 22.4. The summed E-state index contributed by atoms with van der Waals surface area (Å²) in [4.78, 5) is 0. The number of fused-ring (bicyclic) bond motifs is 6. The molecule has 2 aliphatic rings. The zero-order valence-electron chi connectivity index (χ0n) is 33.9. The fourth-order valence-electron chi connectivity index (χ4n) is 8.30. The molecule has 1 aliphatic carbocycles. The van der Waals surface area contributed by atoms with E-state index < -0.39 is 24.6 Å². The van der Waals surface area contributed by atoms with Crippen LogP contribution in [0.1, 0.15) is 22.3 Å². The Hall–Kier alpha value is -4.56. The van der Waals surface area contributed by atoms with E-state index in [2.05, 4.69) is 213 Å². The van der Waals surface area contributed by atoms with Gasteiger partial charge in [-0.3, -0.25) is 11.8 Å². The van der Waals surface area contributed by atoms with Gasteiger partial charge in [-0.2, -0.15) is 0 Å². The Labute approximate surface area is 398 Å². The van der Waals surface area contributed by atoms with Gasteiger partial charge in [-0.1, -0.05) is 151 Å².